The summed E-state index contributed by atoms with van der Waals surface area (Å²) >= 11 is 0. The van der Waals surface area contributed by atoms with E-state index in [4.69, 9.17) is 10.5 Å². The summed E-state index contributed by atoms with van der Waals surface area (Å²) in [6.07, 6.45) is -8.74. The van der Waals surface area contributed by atoms with Crippen molar-refractivity contribution in [3.8, 4) is 5.75 Å². The third-order valence-corrected chi connectivity index (χ3v) is 2.29. The minimum atomic E-state index is -4.50. The van der Waals surface area contributed by atoms with Crippen molar-refractivity contribution in [3.05, 3.63) is 23.8 Å². The Kier molecular flexibility index (Phi) is 5.70. The van der Waals surface area contributed by atoms with Gasteiger partial charge in [-0.15, -0.1) is 0 Å². The van der Waals surface area contributed by atoms with Crippen molar-refractivity contribution in [1.29, 1.82) is 0 Å². The zero-order valence-electron chi connectivity index (χ0n) is 10.7. The molecule has 0 radical (unpaired) electrons. The zero-order chi connectivity index (χ0) is 16.1. The van der Waals surface area contributed by atoms with Gasteiger partial charge in [-0.05, 0) is 18.2 Å². The van der Waals surface area contributed by atoms with Crippen LogP contribution in [0.1, 0.15) is 12.0 Å². The van der Waals surface area contributed by atoms with Crippen molar-refractivity contribution in [2.24, 2.45) is 0 Å². The van der Waals surface area contributed by atoms with Crippen LogP contribution in [-0.4, -0.2) is 26.0 Å². The minimum Gasteiger partial charge on any atom is -0.491 e. The first kappa shape index (κ1) is 17.4. The molecular weight excluding hydrogens is 304 g/mol. The molecule has 0 unspecified atom stereocenters. The highest BCUT2D eigenvalue weighted by molar-refractivity contribution is 5.54. The molecule has 0 aliphatic carbocycles. The van der Waals surface area contributed by atoms with E-state index in [9.17, 15) is 26.3 Å². The Bertz CT molecular complexity index is 458. The first-order valence-electron chi connectivity index (χ1n) is 5.83. The predicted molar refractivity (Wildman–Crippen MR) is 62.8 cm³/mol. The van der Waals surface area contributed by atoms with Crippen LogP contribution >= 0.6 is 0 Å². The minimum absolute atomic E-state index is 0.0204. The van der Waals surface area contributed by atoms with Crippen molar-refractivity contribution in [1.82, 2.24) is 0 Å². The van der Waals surface area contributed by atoms with E-state index in [1.54, 1.807) is 0 Å². The van der Waals surface area contributed by atoms with E-state index in [2.05, 4.69) is 4.74 Å². The Labute approximate surface area is 116 Å². The van der Waals surface area contributed by atoms with Crippen LogP contribution in [0.3, 0.4) is 0 Å². The normalized spacial score (nSPS) is 12.5. The highest BCUT2D eigenvalue weighted by Crippen LogP contribution is 2.33. The first-order valence-corrected chi connectivity index (χ1v) is 5.83. The van der Waals surface area contributed by atoms with Gasteiger partial charge in [-0.25, -0.2) is 0 Å². The summed E-state index contributed by atoms with van der Waals surface area (Å²) in [5.41, 5.74) is 4.32. The van der Waals surface area contributed by atoms with Gasteiger partial charge in [0.2, 0.25) is 0 Å². The van der Waals surface area contributed by atoms with Gasteiger partial charge in [-0.2, -0.15) is 26.3 Å². The summed E-state index contributed by atoms with van der Waals surface area (Å²) in [5, 5.41) is 0. The Morgan fingerprint density at radius 1 is 1.00 bits per heavy atom. The molecule has 0 fully saturated rings. The van der Waals surface area contributed by atoms with Gasteiger partial charge in [0.25, 0.3) is 0 Å². The van der Waals surface area contributed by atoms with Gasteiger partial charge in [-0.3, -0.25) is 0 Å². The average Bonchev–Trinajstić information content (AvgIpc) is 2.32. The molecule has 1 aromatic rings. The van der Waals surface area contributed by atoms with E-state index in [0.717, 1.165) is 18.2 Å². The van der Waals surface area contributed by atoms with Gasteiger partial charge < -0.3 is 15.2 Å². The molecule has 0 saturated carbocycles. The summed E-state index contributed by atoms with van der Waals surface area (Å²) < 4.78 is 81.8. The van der Waals surface area contributed by atoms with Crippen molar-refractivity contribution in [2.75, 3.05) is 25.6 Å². The molecule has 3 nitrogen and oxygen atoms in total. The summed E-state index contributed by atoms with van der Waals surface area (Å²) in [6, 6.07) is 2.61. The maximum atomic E-state index is 12.4. The fourth-order valence-electron chi connectivity index (χ4n) is 1.39. The van der Waals surface area contributed by atoms with Gasteiger partial charge in [-0.1, -0.05) is 0 Å². The predicted octanol–water partition coefficient (Wildman–Crippen LogP) is 3.64. The number of hydrogen-bond donors (Lipinski definition) is 1. The fraction of sp³-hybridized carbons (Fsp3) is 0.500. The van der Waals surface area contributed by atoms with E-state index in [1.165, 1.54) is 0 Å². The van der Waals surface area contributed by atoms with Crippen molar-refractivity contribution < 1.29 is 35.8 Å². The summed E-state index contributed by atoms with van der Waals surface area (Å²) in [5.74, 6) is 0.0406. The molecule has 120 valence electrons. The maximum Gasteiger partial charge on any atom is 0.416 e. The molecule has 1 aromatic carbocycles. The molecular formula is C12H13F6NO2. The lowest BCUT2D eigenvalue weighted by molar-refractivity contribution is -0.174. The molecule has 0 saturated heterocycles. The van der Waals surface area contributed by atoms with Gasteiger partial charge in [0, 0.05) is 6.42 Å². The van der Waals surface area contributed by atoms with Gasteiger partial charge in [0.1, 0.15) is 12.4 Å². The average molecular weight is 317 g/mol. The van der Waals surface area contributed by atoms with E-state index >= 15 is 0 Å². The second-order valence-electron chi connectivity index (χ2n) is 4.12. The molecule has 0 heterocycles. The lowest BCUT2D eigenvalue weighted by Gasteiger charge is -2.12. The Morgan fingerprint density at radius 2 is 1.67 bits per heavy atom. The fourth-order valence-corrected chi connectivity index (χ4v) is 1.39. The smallest absolute Gasteiger partial charge is 0.416 e. The van der Waals surface area contributed by atoms with Gasteiger partial charge in [0.15, 0.2) is 0 Å². The standard InChI is InChI=1S/C12H13F6NO2/c13-11(14,15)7-20-4-1-5-21-10-3-2-8(6-9(10)19)12(16,17)18/h2-3,6H,1,4-5,7,19H2. The first-order chi connectivity index (χ1) is 9.59. The molecule has 0 aliphatic heterocycles. The number of ether oxygens (including phenoxy) is 2. The lowest BCUT2D eigenvalue weighted by Crippen LogP contribution is -2.18. The van der Waals surface area contributed by atoms with Crippen molar-refractivity contribution >= 4 is 5.69 Å². The monoisotopic (exact) mass is 317 g/mol. The van der Waals surface area contributed by atoms with Crippen LogP contribution < -0.4 is 10.5 Å². The number of hydrogen-bond acceptors (Lipinski definition) is 3. The highest BCUT2D eigenvalue weighted by atomic mass is 19.4. The van der Waals surface area contributed by atoms with Crippen molar-refractivity contribution in [3.63, 3.8) is 0 Å². The summed E-state index contributed by atoms with van der Waals surface area (Å²) in [4.78, 5) is 0. The third kappa shape index (κ3) is 6.56. The van der Waals surface area contributed by atoms with E-state index < -0.39 is 24.5 Å². The number of halogens is 6. The Hall–Kier alpha value is -1.64. The molecule has 0 spiro atoms. The molecule has 2 N–H and O–H groups in total. The van der Waals surface area contributed by atoms with Crippen molar-refractivity contribution in [2.45, 2.75) is 18.8 Å². The number of rotatable bonds is 6. The van der Waals surface area contributed by atoms with Crippen LogP contribution in [0, 0.1) is 0 Å². The van der Waals surface area contributed by atoms with Gasteiger partial charge >= 0.3 is 12.4 Å². The van der Waals surface area contributed by atoms with Crippen LogP contribution in [0.2, 0.25) is 0 Å². The molecule has 0 atom stereocenters. The van der Waals surface area contributed by atoms with Crippen LogP contribution in [0.5, 0.6) is 5.75 Å². The van der Waals surface area contributed by atoms with Crippen LogP contribution in [0.15, 0.2) is 18.2 Å². The number of benzene rings is 1. The summed E-state index contributed by atoms with van der Waals surface area (Å²) in [7, 11) is 0. The molecule has 21 heavy (non-hydrogen) atoms. The SMILES string of the molecule is Nc1cc(C(F)(F)F)ccc1OCCCOCC(F)(F)F. The molecule has 0 amide bonds. The topological polar surface area (TPSA) is 44.5 Å². The maximum absolute atomic E-state index is 12.4. The number of alkyl halides is 6. The van der Waals surface area contributed by atoms with E-state index in [1.807, 2.05) is 0 Å². The summed E-state index contributed by atoms with van der Waals surface area (Å²) in [6.45, 7) is -1.55. The van der Waals surface area contributed by atoms with E-state index in [0.29, 0.717) is 0 Å². The molecule has 0 bridgehead atoms. The molecule has 0 aromatic heterocycles. The second kappa shape index (κ2) is 6.88. The van der Waals surface area contributed by atoms with Crippen LogP contribution in [-0.2, 0) is 10.9 Å². The number of anilines is 1. The highest BCUT2D eigenvalue weighted by Gasteiger charge is 2.31. The molecule has 1 rings (SSSR count). The Balaban J connectivity index is 2.36. The van der Waals surface area contributed by atoms with Crippen LogP contribution in [0.4, 0.5) is 32.0 Å². The Morgan fingerprint density at radius 3 is 2.19 bits per heavy atom. The quantitative estimate of drug-likeness (QED) is 0.495. The van der Waals surface area contributed by atoms with Gasteiger partial charge in [0.05, 0.1) is 24.5 Å². The second-order valence-corrected chi connectivity index (χ2v) is 4.12. The number of nitrogens with two attached hydrogens (primary N) is 1. The third-order valence-electron chi connectivity index (χ3n) is 2.29. The molecule has 9 heteroatoms. The largest absolute Gasteiger partial charge is 0.491 e. The van der Waals surface area contributed by atoms with Crippen LogP contribution in [0.25, 0.3) is 0 Å². The number of nitrogen functional groups attached to an aromatic ring is 1. The van der Waals surface area contributed by atoms with E-state index in [-0.39, 0.29) is 31.1 Å². The lowest BCUT2D eigenvalue weighted by atomic mass is 10.2. The zero-order valence-corrected chi connectivity index (χ0v) is 10.7. The molecule has 0 aliphatic rings.